The molecule has 30 heavy (non-hydrogen) atoms. The number of carbonyl (C=O) groups excluding carboxylic acids is 1. The number of fused-ring (bicyclic) bond motifs is 1. The first kappa shape index (κ1) is 18.4. The van der Waals surface area contributed by atoms with Crippen LogP contribution in [0.1, 0.15) is 50.1 Å². The zero-order chi connectivity index (χ0) is 20.3. The Morgan fingerprint density at radius 2 is 2.20 bits per heavy atom. The highest BCUT2D eigenvalue weighted by molar-refractivity contribution is 7.15. The Morgan fingerprint density at radius 3 is 2.97 bits per heavy atom. The minimum atomic E-state index is -0.274. The van der Waals surface area contributed by atoms with Crippen LogP contribution < -0.4 is 5.32 Å². The van der Waals surface area contributed by atoms with Crippen LogP contribution >= 0.6 is 11.3 Å². The van der Waals surface area contributed by atoms with Crippen molar-refractivity contribution >= 4 is 33.7 Å². The number of hydrogen-bond donors (Lipinski definition) is 1. The Labute approximate surface area is 178 Å². The van der Waals surface area contributed by atoms with E-state index >= 15 is 0 Å². The molecule has 6 rings (SSSR count). The van der Waals surface area contributed by atoms with E-state index in [2.05, 4.69) is 10.2 Å². The second-order valence-electron chi connectivity index (χ2n) is 9.13. The summed E-state index contributed by atoms with van der Waals surface area (Å²) >= 11 is 1.67. The predicted molar refractivity (Wildman–Crippen MR) is 116 cm³/mol. The number of hydrogen-bond acceptors (Lipinski definition) is 4. The SMILES string of the molecule is O=C([C@H]1CC12CCC2)N1CCC[C@H](c2nc(Nc3cccc(F)c3)n3ccsc23)C1. The molecular weight excluding hydrogens is 399 g/mol. The lowest BCUT2D eigenvalue weighted by atomic mass is 9.79. The molecule has 0 unspecified atom stereocenters. The van der Waals surface area contributed by atoms with Crippen LogP contribution in [0, 0.1) is 17.2 Å². The first-order chi connectivity index (χ1) is 14.6. The number of imidazole rings is 1. The van der Waals surface area contributed by atoms with Gasteiger partial charge in [0.1, 0.15) is 10.6 Å². The summed E-state index contributed by atoms with van der Waals surface area (Å²) in [4.78, 5) is 21.2. The largest absolute Gasteiger partial charge is 0.342 e. The van der Waals surface area contributed by atoms with Gasteiger partial charge in [0.15, 0.2) is 0 Å². The third kappa shape index (κ3) is 2.94. The fourth-order valence-corrected chi connectivity index (χ4v) is 6.30. The molecule has 1 saturated heterocycles. The molecule has 1 amide bonds. The van der Waals surface area contributed by atoms with Gasteiger partial charge in [-0.1, -0.05) is 12.5 Å². The van der Waals surface area contributed by atoms with Gasteiger partial charge < -0.3 is 10.2 Å². The Balaban J connectivity index is 1.24. The topological polar surface area (TPSA) is 49.6 Å². The minimum Gasteiger partial charge on any atom is -0.342 e. The van der Waals surface area contributed by atoms with Gasteiger partial charge in [-0.15, -0.1) is 11.3 Å². The number of piperidine rings is 1. The Morgan fingerprint density at radius 1 is 1.30 bits per heavy atom. The number of amides is 1. The summed E-state index contributed by atoms with van der Waals surface area (Å²) in [6, 6.07) is 6.43. The zero-order valence-corrected chi connectivity index (χ0v) is 17.6. The Bertz CT molecular complexity index is 1120. The summed E-state index contributed by atoms with van der Waals surface area (Å²) in [5.41, 5.74) is 2.11. The smallest absolute Gasteiger partial charge is 0.226 e. The molecule has 156 valence electrons. The van der Waals surface area contributed by atoms with Crippen molar-refractivity contribution in [3.8, 4) is 0 Å². The summed E-state index contributed by atoms with van der Waals surface area (Å²) < 4.78 is 15.6. The molecule has 7 heteroatoms. The molecule has 1 aromatic carbocycles. The molecule has 1 spiro atoms. The standard InChI is InChI=1S/C23H25FN4OS/c24-16-5-1-6-17(12-16)25-22-26-19(21-28(22)10-11-30-21)15-4-2-9-27(14-15)20(29)18-13-23(18)7-3-8-23/h1,5-6,10-12,15,18H,2-4,7-9,13-14H2,(H,25,26)/t15-,18+/m0/s1. The summed E-state index contributed by atoms with van der Waals surface area (Å²) in [6.07, 6.45) is 8.94. The van der Waals surface area contributed by atoms with Crippen LogP contribution in [-0.4, -0.2) is 33.3 Å². The van der Waals surface area contributed by atoms with Gasteiger partial charge in [-0.05, 0) is 55.7 Å². The van der Waals surface area contributed by atoms with Gasteiger partial charge in [0.2, 0.25) is 11.9 Å². The van der Waals surface area contributed by atoms with Gasteiger partial charge >= 0.3 is 0 Å². The maximum atomic E-state index is 13.6. The molecule has 3 aromatic rings. The summed E-state index contributed by atoms with van der Waals surface area (Å²) in [7, 11) is 0. The lowest BCUT2D eigenvalue weighted by molar-refractivity contribution is -0.135. The molecule has 3 heterocycles. The fraction of sp³-hybridized carbons (Fsp3) is 0.478. The normalized spacial score (nSPS) is 24.8. The number of nitrogens with zero attached hydrogens (tertiary/aromatic N) is 3. The number of halogens is 1. The number of rotatable bonds is 4. The number of aromatic nitrogens is 2. The predicted octanol–water partition coefficient (Wildman–Crippen LogP) is 5.17. The van der Waals surface area contributed by atoms with Crippen LogP contribution in [-0.2, 0) is 4.79 Å². The van der Waals surface area contributed by atoms with E-state index in [0.29, 0.717) is 23.0 Å². The van der Waals surface area contributed by atoms with Crippen LogP contribution in [0.4, 0.5) is 16.0 Å². The average Bonchev–Trinajstić information content (AvgIpc) is 3.17. The molecule has 2 atom stereocenters. The maximum absolute atomic E-state index is 13.6. The monoisotopic (exact) mass is 424 g/mol. The second kappa shape index (κ2) is 6.80. The van der Waals surface area contributed by atoms with Gasteiger partial charge in [0, 0.05) is 42.2 Å². The first-order valence-electron chi connectivity index (χ1n) is 10.9. The number of benzene rings is 1. The quantitative estimate of drug-likeness (QED) is 0.628. The van der Waals surface area contributed by atoms with Gasteiger partial charge in [-0.2, -0.15) is 0 Å². The van der Waals surface area contributed by atoms with Crippen LogP contribution in [0.3, 0.4) is 0 Å². The third-order valence-electron chi connectivity index (χ3n) is 7.32. The van der Waals surface area contributed by atoms with Crippen LogP contribution in [0.2, 0.25) is 0 Å². The van der Waals surface area contributed by atoms with Crippen molar-refractivity contribution in [2.24, 2.45) is 11.3 Å². The molecule has 2 aromatic heterocycles. The minimum absolute atomic E-state index is 0.246. The maximum Gasteiger partial charge on any atom is 0.226 e. The van der Waals surface area contributed by atoms with E-state index in [1.54, 1.807) is 17.4 Å². The molecule has 1 aliphatic heterocycles. The average molecular weight is 425 g/mol. The number of nitrogens with one attached hydrogen (secondary N) is 1. The fourth-order valence-electron chi connectivity index (χ4n) is 5.40. The lowest BCUT2D eigenvalue weighted by Gasteiger charge is -2.34. The summed E-state index contributed by atoms with van der Waals surface area (Å²) in [5, 5.41) is 5.31. The van der Waals surface area contributed by atoms with E-state index in [-0.39, 0.29) is 17.7 Å². The molecule has 0 radical (unpaired) electrons. The molecule has 0 bridgehead atoms. The lowest BCUT2D eigenvalue weighted by Crippen LogP contribution is -2.41. The molecule has 2 saturated carbocycles. The van der Waals surface area contributed by atoms with E-state index in [4.69, 9.17) is 4.98 Å². The number of anilines is 2. The van der Waals surface area contributed by atoms with Crippen molar-refractivity contribution < 1.29 is 9.18 Å². The van der Waals surface area contributed by atoms with Crippen molar-refractivity contribution in [2.75, 3.05) is 18.4 Å². The van der Waals surface area contributed by atoms with Crippen molar-refractivity contribution in [1.82, 2.24) is 14.3 Å². The van der Waals surface area contributed by atoms with Gasteiger partial charge in [-0.25, -0.2) is 9.37 Å². The van der Waals surface area contributed by atoms with Crippen LogP contribution in [0.15, 0.2) is 35.8 Å². The highest BCUT2D eigenvalue weighted by Crippen LogP contribution is 2.66. The number of likely N-dealkylation sites (tertiary alicyclic amines) is 1. The van der Waals surface area contributed by atoms with Gasteiger partial charge in [0.25, 0.3) is 0 Å². The Hall–Kier alpha value is -2.41. The Kier molecular flexibility index (Phi) is 4.17. The molecule has 3 fully saturated rings. The molecule has 3 aliphatic rings. The van der Waals surface area contributed by atoms with Crippen molar-refractivity contribution in [1.29, 1.82) is 0 Å². The number of carbonyl (C=O) groups is 1. The summed E-state index contributed by atoms with van der Waals surface area (Å²) in [6.45, 7) is 1.63. The van der Waals surface area contributed by atoms with E-state index in [1.165, 1.54) is 31.4 Å². The van der Waals surface area contributed by atoms with Crippen molar-refractivity contribution in [3.05, 3.63) is 47.4 Å². The van der Waals surface area contributed by atoms with E-state index in [9.17, 15) is 9.18 Å². The molecule has 2 aliphatic carbocycles. The molecule has 5 nitrogen and oxygen atoms in total. The molecule has 1 N–H and O–H groups in total. The summed E-state index contributed by atoms with van der Waals surface area (Å²) in [5.74, 6) is 1.32. The zero-order valence-electron chi connectivity index (χ0n) is 16.8. The van der Waals surface area contributed by atoms with Crippen molar-refractivity contribution in [3.63, 3.8) is 0 Å². The van der Waals surface area contributed by atoms with Gasteiger partial charge in [-0.3, -0.25) is 9.20 Å². The molecular formula is C23H25FN4OS. The van der Waals surface area contributed by atoms with E-state index < -0.39 is 0 Å². The van der Waals surface area contributed by atoms with Gasteiger partial charge in [0.05, 0.1) is 5.69 Å². The second-order valence-corrected chi connectivity index (χ2v) is 10.0. The van der Waals surface area contributed by atoms with E-state index in [1.807, 2.05) is 22.0 Å². The van der Waals surface area contributed by atoms with Crippen molar-refractivity contribution in [2.45, 2.75) is 44.4 Å². The van der Waals surface area contributed by atoms with Crippen LogP contribution in [0.5, 0.6) is 0 Å². The third-order valence-corrected chi connectivity index (χ3v) is 8.21. The van der Waals surface area contributed by atoms with Crippen LogP contribution in [0.25, 0.3) is 4.83 Å². The van der Waals surface area contributed by atoms with E-state index in [0.717, 1.165) is 42.9 Å². The highest BCUT2D eigenvalue weighted by Gasteiger charge is 2.61. The highest BCUT2D eigenvalue weighted by atomic mass is 32.1. The first-order valence-corrected chi connectivity index (χ1v) is 11.8. The number of thiazole rings is 1.